The summed E-state index contributed by atoms with van der Waals surface area (Å²) >= 11 is 4.84. The average molecular weight is 430 g/mol. The summed E-state index contributed by atoms with van der Waals surface area (Å²) in [5, 5.41) is 12.0. The Labute approximate surface area is 174 Å². The Bertz CT molecular complexity index is 1130. The molecule has 0 radical (unpaired) electrons. The van der Waals surface area contributed by atoms with E-state index in [-0.39, 0.29) is 5.25 Å². The zero-order valence-electron chi connectivity index (χ0n) is 15.5. The van der Waals surface area contributed by atoms with E-state index in [4.69, 9.17) is 15.1 Å². The highest BCUT2D eigenvalue weighted by Gasteiger charge is 2.24. The van der Waals surface area contributed by atoms with Crippen LogP contribution in [0.15, 0.2) is 27.1 Å². The molecule has 0 aromatic carbocycles. The van der Waals surface area contributed by atoms with E-state index in [1.165, 1.54) is 28.6 Å². The van der Waals surface area contributed by atoms with Crippen LogP contribution in [0.5, 0.6) is 0 Å². The van der Waals surface area contributed by atoms with E-state index in [0.29, 0.717) is 22.8 Å². The van der Waals surface area contributed by atoms with Crippen LogP contribution in [0.3, 0.4) is 0 Å². The molecule has 144 valence electrons. The van der Waals surface area contributed by atoms with Crippen LogP contribution in [0.4, 0.5) is 5.82 Å². The second kappa shape index (κ2) is 7.13. The summed E-state index contributed by atoms with van der Waals surface area (Å²) in [6, 6.07) is 3.94. The van der Waals surface area contributed by atoms with Crippen molar-refractivity contribution in [3.8, 4) is 10.8 Å². The molecule has 9 heteroatoms. The third-order valence-corrected chi connectivity index (χ3v) is 7.92. The van der Waals surface area contributed by atoms with Crippen molar-refractivity contribution in [3.63, 3.8) is 0 Å². The maximum Gasteiger partial charge on any atom is 0.257 e. The second-order valence-corrected chi connectivity index (χ2v) is 10.4. The zero-order valence-corrected chi connectivity index (χ0v) is 18.0. The number of nitrogens with zero attached hydrogens (tertiary/aromatic N) is 4. The molecule has 0 amide bonds. The van der Waals surface area contributed by atoms with Crippen molar-refractivity contribution in [2.24, 2.45) is 5.92 Å². The number of aryl methyl sites for hydroxylation is 1. The molecule has 0 aliphatic heterocycles. The first kappa shape index (κ1) is 18.1. The number of anilines is 1. The van der Waals surface area contributed by atoms with E-state index in [1.54, 1.807) is 22.7 Å². The first-order chi connectivity index (χ1) is 13.6. The number of nitrogen functional groups attached to an aromatic ring is 1. The molecule has 0 saturated carbocycles. The van der Waals surface area contributed by atoms with Crippen LogP contribution in [-0.4, -0.2) is 20.2 Å². The molecule has 0 spiro atoms. The van der Waals surface area contributed by atoms with Gasteiger partial charge in [0, 0.05) is 4.88 Å². The van der Waals surface area contributed by atoms with Gasteiger partial charge in [-0.2, -0.15) is 0 Å². The highest BCUT2D eigenvalue weighted by molar-refractivity contribution is 7.99. The quantitative estimate of drug-likeness (QED) is 0.345. The Morgan fingerprint density at radius 1 is 1.32 bits per heavy atom. The Kier molecular flexibility index (Phi) is 4.60. The summed E-state index contributed by atoms with van der Waals surface area (Å²) in [6.45, 7) is 4.32. The first-order valence-electron chi connectivity index (χ1n) is 9.20. The molecule has 6 nitrogen and oxygen atoms in total. The summed E-state index contributed by atoms with van der Waals surface area (Å²) in [5.74, 6) is 2.42. The van der Waals surface area contributed by atoms with E-state index < -0.39 is 0 Å². The van der Waals surface area contributed by atoms with Gasteiger partial charge in [0.25, 0.3) is 5.89 Å². The first-order valence-corrected chi connectivity index (χ1v) is 11.8. The van der Waals surface area contributed by atoms with Crippen LogP contribution in [0.25, 0.3) is 21.0 Å². The largest absolute Gasteiger partial charge is 0.419 e. The Morgan fingerprint density at radius 3 is 3.04 bits per heavy atom. The molecule has 2 atom stereocenters. The Hall–Kier alpha value is -1.97. The van der Waals surface area contributed by atoms with E-state index in [9.17, 15) is 0 Å². The van der Waals surface area contributed by atoms with Crippen molar-refractivity contribution in [3.05, 3.63) is 33.8 Å². The van der Waals surface area contributed by atoms with Crippen molar-refractivity contribution >= 4 is 50.5 Å². The van der Waals surface area contributed by atoms with Gasteiger partial charge < -0.3 is 10.2 Å². The van der Waals surface area contributed by atoms with E-state index in [2.05, 4.69) is 22.1 Å². The van der Waals surface area contributed by atoms with Gasteiger partial charge in [-0.15, -0.1) is 32.9 Å². The maximum absolute atomic E-state index is 6.34. The molecular formula is C19H19N5OS3. The van der Waals surface area contributed by atoms with Crippen LogP contribution < -0.4 is 5.73 Å². The van der Waals surface area contributed by atoms with Crippen molar-refractivity contribution < 1.29 is 4.42 Å². The van der Waals surface area contributed by atoms with Crippen molar-refractivity contribution in [1.82, 2.24) is 20.2 Å². The number of thioether (sulfide) groups is 1. The monoisotopic (exact) mass is 429 g/mol. The fourth-order valence-corrected chi connectivity index (χ4v) is 6.41. The number of fused-ring (bicyclic) bond motifs is 3. The minimum absolute atomic E-state index is 0.0623. The molecule has 5 rings (SSSR count). The van der Waals surface area contributed by atoms with Gasteiger partial charge in [-0.25, -0.2) is 9.97 Å². The van der Waals surface area contributed by atoms with Crippen LogP contribution in [0, 0.1) is 5.92 Å². The molecule has 4 aromatic heterocycles. The SMILES string of the molecule is C[C@@H]1CCc2c(sc3nc(S[C@H](C)c4nnc(-c5cccs5)o4)nc(N)c23)C1. The van der Waals surface area contributed by atoms with Gasteiger partial charge in [-0.05, 0) is 49.1 Å². The van der Waals surface area contributed by atoms with E-state index in [0.717, 1.165) is 33.9 Å². The third-order valence-electron chi connectivity index (χ3n) is 4.97. The van der Waals surface area contributed by atoms with E-state index >= 15 is 0 Å². The molecule has 0 saturated heterocycles. The number of rotatable bonds is 4. The van der Waals surface area contributed by atoms with Crippen molar-refractivity contribution in [2.45, 2.75) is 43.5 Å². The summed E-state index contributed by atoms with van der Waals surface area (Å²) in [4.78, 5) is 12.7. The van der Waals surface area contributed by atoms with Crippen LogP contribution in [0.1, 0.15) is 41.8 Å². The maximum atomic E-state index is 6.34. The van der Waals surface area contributed by atoms with Gasteiger partial charge in [0.05, 0.1) is 15.5 Å². The lowest BCUT2D eigenvalue weighted by Crippen LogP contribution is -2.09. The lowest BCUT2D eigenvalue weighted by atomic mass is 9.89. The molecule has 4 heterocycles. The predicted octanol–water partition coefficient (Wildman–Crippen LogP) is 5.36. The lowest BCUT2D eigenvalue weighted by molar-refractivity contribution is 0.509. The molecule has 1 aliphatic rings. The van der Waals surface area contributed by atoms with Gasteiger partial charge in [-0.1, -0.05) is 24.8 Å². The van der Waals surface area contributed by atoms with Crippen LogP contribution in [-0.2, 0) is 12.8 Å². The minimum atomic E-state index is -0.0623. The lowest BCUT2D eigenvalue weighted by Gasteiger charge is -2.17. The highest BCUT2D eigenvalue weighted by Crippen LogP contribution is 2.41. The number of nitrogens with two attached hydrogens (primary N) is 1. The highest BCUT2D eigenvalue weighted by atomic mass is 32.2. The molecular weight excluding hydrogens is 410 g/mol. The summed E-state index contributed by atoms with van der Waals surface area (Å²) < 4.78 is 5.84. The Balaban J connectivity index is 1.42. The second-order valence-electron chi connectivity index (χ2n) is 7.11. The summed E-state index contributed by atoms with van der Waals surface area (Å²) in [7, 11) is 0. The Morgan fingerprint density at radius 2 is 2.21 bits per heavy atom. The number of hydrogen-bond acceptors (Lipinski definition) is 9. The van der Waals surface area contributed by atoms with Gasteiger partial charge >= 0.3 is 0 Å². The number of thiophene rings is 2. The summed E-state index contributed by atoms with van der Waals surface area (Å²) in [5.41, 5.74) is 7.69. The minimum Gasteiger partial charge on any atom is -0.419 e. The molecule has 28 heavy (non-hydrogen) atoms. The molecule has 0 unspecified atom stereocenters. The van der Waals surface area contributed by atoms with Gasteiger partial charge in [0.15, 0.2) is 5.16 Å². The van der Waals surface area contributed by atoms with Crippen LogP contribution >= 0.6 is 34.4 Å². The molecule has 0 bridgehead atoms. The fourth-order valence-electron chi connectivity index (χ4n) is 3.51. The van der Waals surface area contributed by atoms with Gasteiger partial charge in [-0.3, -0.25) is 0 Å². The van der Waals surface area contributed by atoms with Gasteiger partial charge in [0.1, 0.15) is 10.6 Å². The van der Waals surface area contributed by atoms with Crippen molar-refractivity contribution in [1.29, 1.82) is 0 Å². The van der Waals surface area contributed by atoms with E-state index in [1.807, 2.05) is 24.4 Å². The standard InChI is InChI=1S/C19H19N5OS3/c1-9-5-6-11-13(8-9)28-18-14(11)15(20)21-19(22-18)27-10(2)16-23-24-17(25-16)12-4-3-7-26-12/h3-4,7,9-10H,5-6,8H2,1-2H3,(H2,20,21,22)/t9-,10-/m1/s1. The molecule has 4 aromatic rings. The fraction of sp³-hybridized carbons (Fsp3) is 0.368. The molecule has 0 fully saturated rings. The van der Waals surface area contributed by atoms with Crippen LogP contribution in [0.2, 0.25) is 0 Å². The normalized spacial score (nSPS) is 17.7. The topological polar surface area (TPSA) is 90.7 Å². The number of aromatic nitrogens is 4. The summed E-state index contributed by atoms with van der Waals surface area (Å²) in [6.07, 6.45) is 3.39. The third kappa shape index (κ3) is 3.21. The number of hydrogen-bond donors (Lipinski definition) is 1. The van der Waals surface area contributed by atoms with Crippen molar-refractivity contribution in [2.75, 3.05) is 5.73 Å². The predicted molar refractivity (Wildman–Crippen MR) is 115 cm³/mol. The zero-order chi connectivity index (χ0) is 19.3. The molecule has 2 N–H and O–H groups in total. The molecule has 1 aliphatic carbocycles. The average Bonchev–Trinajstić information content (AvgIpc) is 3.39. The smallest absolute Gasteiger partial charge is 0.257 e. The van der Waals surface area contributed by atoms with Gasteiger partial charge in [0.2, 0.25) is 5.89 Å².